The standard InChI is InChI=1S/C39H37FN6O6/c1-50-38-32(21-46-13-11-25(47)20-46)42-17-34(44-38)51-33-9-8-27-26(4-2-5-28(27)33)29-6-3-7-30(35(29)40)37-43-31-15-22(14-24(16-41)36(31)52-37)18-45-12-10-23(19-45)39(48)49/h2-7,14-15,17,23,25,33,47H,8-13,18-21H2,1H3,(H,48,49)/t23-,25-,33-/m1/s1. The van der Waals surface area contributed by atoms with Gasteiger partial charge in [-0.05, 0) is 72.7 Å². The molecule has 266 valence electrons. The van der Waals surface area contributed by atoms with E-state index in [9.17, 15) is 20.3 Å². The Kier molecular flexibility index (Phi) is 9.04. The number of hydrogen-bond donors (Lipinski definition) is 2. The highest BCUT2D eigenvalue weighted by Gasteiger charge is 2.31. The smallest absolute Gasteiger partial charge is 0.307 e. The van der Waals surface area contributed by atoms with E-state index in [0.29, 0.717) is 80.5 Å². The number of fused-ring (bicyclic) bond motifs is 2. The number of aromatic nitrogens is 3. The lowest BCUT2D eigenvalue weighted by atomic mass is 9.95. The number of aliphatic hydroxyl groups is 1. The van der Waals surface area contributed by atoms with E-state index in [1.165, 1.54) is 0 Å². The molecule has 0 saturated carbocycles. The van der Waals surface area contributed by atoms with Crippen molar-refractivity contribution in [3.8, 4) is 40.4 Å². The van der Waals surface area contributed by atoms with Crippen molar-refractivity contribution in [2.75, 3.05) is 33.3 Å². The number of rotatable bonds is 10. The fourth-order valence-corrected chi connectivity index (χ4v) is 7.74. The van der Waals surface area contributed by atoms with Gasteiger partial charge in [-0.2, -0.15) is 10.2 Å². The second-order valence-corrected chi connectivity index (χ2v) is 13.7. The van der Waals surface area contributed by atoms with Gasteiger partial charge < -0.3 is 24.1 Å². The Hall–Kier alpha value is -5.42. The van der Waals surface area contributed by atoms with Crippen molar-refractivity contribution < 1.29 is 33.3 Å². The van der Waals surface area contributed by atoms with E-state index >= 15 is 4.39 Å². The number of β-amino-alcohol motifs (C(OH)–C–C–N with tert-alkyl or cyclic N) is 1. The molecule has 0 radical (unpaired) electrons. The Labute approximate surface area is 299 Å². The van der Waals surface area contributed by atoms with Crippen LogP contribution < -0.4 is 9.47 Å². The van der Waals surface area contributed by atoms with E-state index in [2.05, 4.69) is 25.9 Å². The predicted molar refractivity (Wildman–Crippen MR) is 187 cm³/mol. The number of halogens is 1. The molecule has 2 aromatic heterocycles. The molecular weight excluding hydrogens is 667 g/mol. The first kappa shape index (κ1) is 33.7. The number of aliphatic hydroxyl groups excluding tert-OH is 1. The normalized spacial score (nSPS) is 20.3. The molecule has 0 spiro atoms. The summed E-state index contributed by atoms with van der Waals surface area (Å²) in [4.78, 5) is 29.4. The van der Waals surface area contributed by atoms with E-state index < -0.39 is 17.7 Å². The van der Waals surface area contributed by atoms with Crippen molar-refractivity contribution >= 4 is 17.1 Å². The van der Waals surface area contributed by atoms with Gasteiger partial charge in [0.2, 0.25) is 17.7 Å². The topological polar surface area (TPSA) is 158 Å². The molecule has 2 aliphatic heterocycles. The SMILES string of the molecule is COc1nc(O[C@@H]2CCc3c(-c4cccc(-c5nc6cc(CN7CC[C@@H](C(=O)O)C7)cc(C#N)c6o5)c4F)cccc32)cnc1CN1CC[C@@H](O)C1. The highest BCUT2D eigenvalue weighted by atomic mass is 19.1. The van der Waals surface area contributed by atoms with E-state index in [0.717, 1.165) is 35.2 Å². The van der Waals surface area contributed by atoms with Crippen molar-refractivity contribution in [1.29, 1.82) is 5.26 Å². The number of methoxy groups -OCH3 is 1. The minimum absolute atomic E-state index is 0.0702. The van der Waals surface area contributed by atoms with Gasteiger partial charge in [0.1, 0.15) is 29.2 Å². The molecule has 0 bridgehead atoms. The van der Waals surface area contributed by atoms with Crippen LogP contribution in [0.5, 0.6) is 11.8 Å². The van der Waals surface area contributed by atoms with Crippen LogP contribution in [0.3, 0.4) is 0 Å². The second kappa shape index (κ2) is 14.0. The van der Waals surface area contributed by atoms with Crippen molar-refractivity contribution in [3.63, 3.8) is 0 Å². The van der Waals surface area contributed by atoms with Crippen LogP contribution in [0.2, 0.25) is 0 Å². The molecule has 2 fully saturated rings. The van der Waals surface area contributed by atoms with Crippen molar-refractivity contribution in [2.24, 2.45) is 5.92 Å². The quantitative estimate of drug-likeness (QED) is 0.188. The van der Waals surface area contributed by atoms with Crippen LogP contribution in [0.15, 0.2) is 59.1 Å². The van der Waals surface area contributed by atoms with Crippen LogP contribution >= 0.6 is 0 Å². The molecule has 8 rings (SSSR count). The average Bonchev–Trinajstić information content (AvgIpc) is 3.96. The van der Waals surface area contributed by atoms with E-state index in [1.54, 1.807) is 37.6 Å². The Morgan fingerprint density at radius 3 is 2.60 bits per heavy atom. The molecule has 3 aliphatic rings. The van der Waals surface area contributed by atoms with Gasteiger partial charge in [0.05, 0.1) is 36.5 Å². The Bertz CT molecular complexity index is 2220. The highest BCUT2D eigenvalue weighted by Crippen LogP contribution is 2.42. The zero-order valence-electron chi connectivity index (χ0n) is 28.6. The van der Waals surface area contributed by atoms with Crippen LogP contribution in [0, 0.1) is 23.1 Å². The van der Waals surface area contributed by atoms with Crippen molar-refractivity contribution in [3.05, 3.63) is 88.5 Å². The molecule has 0 amide bonds. The Balaban J connectivity index is 1.04. The van der Waals surface area contributed by atoms with Gasteiger partial charge in [0, 0.05) is 38.3 Å². The fraction of sp³-hybridized carbons (Fsp3) is 0.359. The lowest BCUT2D eigenvalue weighted by Gasteiger charge is -2.18. The zero-order valence-corrected chi connectivity index (χ0v) is 28.6. The van der Waals surface area contributed by atoms with E-state index in [1.807, 2.05) is 29.2 Å². The van der Waals surface area contributed by atoms with Gasteiger partial charge in [-0.25, -0.2) is 14.4 Å². The number of ether oxygens (including phenoxy) is 2. The molecule has 13 heteroatoms. The molecule has 5 aromatic rings. The number of carboxylic acids is 1. The van der Waals surface area contributed by atoms with Gasteiger partial charge in [-0.15, -0.1) is 0 Å². The van der Waals surface area contributed by atoms with Gasteiger partial charge in [0.15, 0.2) is 5.58 Å². The highest BCUT2D eigenvalue weighted by molar-refractivity contribution is 5.83. The molecule has 2 N–H and O–H groups in total. The van der Waals surface area contributed by atoms with Gasteiger partial charge in [-0.1, -0.05) is 30.3 Å². The molecule has 4 heterocycles. The lowest BCUT2D eigenvalue weighted by molar-refractivity contribution is -0.141. The Morgan fingerprint density at radius 1 is 1.04 bits per heavy atom. The zero-order chi connectivity index (χ0) is 35.9. The summed E-state index contributed by atoms with van der Waals surface area (Å²) >= 11 is 0. The summed E-state index contributed by atoms with van der Waals surface area (Å²) in [5, 5.41) is 29.2. The molecule has 3 aromatic carbocycles. The lowest BCUT2D eigenvalue weighted by Crippen LogP contribution is -2.22. The third-order valence-corrected chi connectivity index (χ3v) is 10.3. The maximum Gasteiger partial charge on any atom is 0.307 e. The van der Waals surface area contributed by atoms with Crippen LogP contribution in [-0.4, -0.2) is 80.3 Å². The molecule has 1 aliphatic carbocycles. The number of benzene rings is 3. The van der Waals surface area contributed by atoms with E-state index in [-0.39, 0.29) is 34.8 Å². The van der Waals surface area contributed by atoms with Gasteiger partial charge in [-0.3, -0.25) is 14.6 Å². The number of hydrogen-bond acceptors (Lipinski definition) is 11. The second-order valence-electron chi connectivity index (χ2n) is 13.7. The first-order valence-corrected chi connectivity index (χ1v) is 17.4. The number of likely N-dealkylation sites (tertiary alicyclic amines) is 2. The summed E-state index contributed by atoms with van der Waals surface area (Å²) in [6.45, 7) is 3.45. The molecule has 12 nitrogen and oxygen atoms in total. The summed E-state index contributed by atoms with van der Waals surface area (Å²) in [5.41, 5.74) is 5.73. The third kappa shape index (κ3) is 6.45. The molecule has 0 unspecified atom stereocenters. The molecular formula is C39H37FN6O6. The molecule has 52 heavy (non-hydrogen) atoms. The number of aliphatic carboxylic acids is 1. The minimum atomic E-state index is -0.803. The van der Waals surface area contributed by atoms with Gasteiger partial charge in [0.25, 0.3) is 0 Å². The van der Waals surface area contributed by atoms with Crippen LogP contribution in [0.1, 0.15) is 53.3 Å². The number of carboxylic acid groups (broad SMARTS) is 1. The maximum atomic E-state index is 16.5. The maximum absolute atomic E-state index is 16.5. The number of nitriles is 1. The van der Waals surface area contributed by atoms with Crippen LogP contribution in [0.25, 0.3) is 33.7 Å². The summed E-state index contributed by atoms with van der Waals surface area (Å²) in [5.74, 6) is -0.917. The first-order valence-electron chi connectivity index (χ1n) is 17.4. The number of carbonyl (C=O) groups is 1. The summed E-state index contributed by atoms with van der Waals surface area (Å²) in [6, 6.07) is 16.6. The van der Waals surface area contributed by atoms with Crippen LogP contribution in [-0.2, 0) is 24.3 Å². The van der Waals surface area contributed by atoms with E-state index in [4.69, 9.17) is 13.9 Å². The van der Waals surface area contributed by atoms with Gasteiger partial charge >= 0.3 is 5.97 Å². The van der Waals surface area contributed by atoms with Crippen molar-refractivity contribution in [1.82, 2.24) is 24.8 Å². The summed E-state index contributed by atoms with van der Waals surface area (Å²) < 4.78 is 34.4. The summed E-state index contributed by atoms with van der Waals surface area (Å²) in [7, 11) is 1.55. The Morgan fingerprint density at radius 2 is 1.83 bits per heavy atom. The molecule has 3 atom stereocenters. The predicted octanol–water partition coefficient (Wildman–Crippen LogP) is 5.51. The van der Waals surface area contributed by atoms with Crippen molar-refractivity contribution in [2.45, 2.75) is 51.0 Å². The third-order valence-electron chi connectivity index (χ3n) is 10.3. The fourth-order valence-electron chi connectivity index (χ4n) is 7.74. The first-order chi connectivity index (χ1) is 25.3. The van der Waals surface area contributed by atoms with Crippen LogP contribution in [0.4, 0.5) is 4.39 Å². The largest absolute Gasteiger partial charge is 0.481 e. The molecule has 2 saturated heterocycles. The summed E-state index contributed by atoms with van der Waals surface area (Å²) in [6.07, 6.45) is 3.60. The number of nitrogens with zero attached hydrogens (tertiary/aromatic N) is 6. The monoisotopic (exact) mass is 704 g/mol. The minimum Gasteiger partial charge on any atom is -0.481 e. The average molecular weight is 705 g/mol. The number of oxazole rings is 1.